The van der Waals surface area contributed by atoms with E-state index >= 15 is 0 Å². The standard InChI is InChI=1S/C22H23FN6O4S2/c1-13-8-15(33-26-13)10-29-20(30)17-9-16(35(3,32)27-22(12-23)6-7-22)4-5-18(17)28(21(29)31)11-19-25-24-14(2)34-19/h4-5,8-9H,3,6-7,10-12H2,1-2H3,(H,27,32). The third kappa shape index (κ3) is 4.46. The molecule has 0 amide bonds. The molecule has 3 heterocycles. The number of halogens is 1. The lowest BCUT2D eigenvalue weighted by Gasteiger charge is -2.19. The van der Waals surface area contributed by atoms with Crippen molar-refractivity contribution in [2.24, 2.45) is 0 Å². The first-order valence-corrected chi connectivity index (χ1v) is 13.4. The second-order valence-corrected chi connectivity index (χ2v) is 12.1. The molecule has 0 saturated heterocycles. The van der Waals surface area contributed by atoms with Gasteiger partial charge < -0.3 is 4.52 Å². The third-order valence-corrected chi connectivity index (χ3v) is 8.52. The van der Waals surface area contributed by atoms with Crippen molar-refractivity contribution in [2.45, 2.75) is 50.2 Å². The molecule has 1 aromatic carbocycles. The van der Waals surface area contributed by atoms with E-state index in [1.165, 1.54) is 22.0 Å². The Labute approximate surface area is 203 Å². The Bertz CT molecular complexity index is 1660. The molecule has 1 aliphatic rings. The molecule has 0 aliphatic heterocycles. The van der Waals surface area contributed by atoms with Crippen LogP contribution in [0.2, 0.25) is 0 Å². The maximum absolute atomic E-state index is 13.5. The summed E-state index contributed by atoms with van der Waals surface area (Å²) in [6.45, 7) is 2.86. The average molecular weight is 519 g/mol. The molecule has 1 unspecified atom stereocenters. The van der Waals surface area contributed by atoms with Crippen LogP contribution < -0.4 is 16.0 Å². The number of rotatable bonds is 8. The number of hydrogen-bond acceptors (Lipinski definition) is 8. The minimum Gasteiger partial charge on any atom is -0.359 e. The van der Waals surface area contributed by atoms with Gasteiger partial charge in [-0.1, -0.05) is 16.5 Å². The van der Waals surface area contributed by atoms with Crippen molar-refractivity contribution in [3.05, 3.63) is 66.6 Å². The molecule has 0 bridgehead atoms. The van der Waals surface area contributed by atoms with Gasteiger partial charge in [-0.2, -0.15) is 0 Å². The number of nitrogens with zero attached hydrogens (tertiary/aromatic N) is 5. The highest BCUT2D eigenvalue weighted by Crippen LogP contribution is 2.37. The zero-order valence-electron chi connectivity index (χ0n) is 19.1. The van der Waals surface area contributed by atoms with Crippen LogP contribution in [-0.4, -0.2) is 46.8 Å². The summed E-state index contributed by atoms with van der Waals surface area (Å²) in [5.74, 6) is 4.13. The molecule has 5 rings (SSSR count). The number of benzene rings is 1. The van der Waals surface area contributed by atoms with Crippen LogP contribution in [0, 0.1) is 13.8 Å². The fourth-order valence-corrected chi connectivity index (χ4v) is 6.28. The smallest absolute Gasteiger partial charge is 0.332 e. The van der Waals surface area contributed by atoms with Gasteiger partial charge in [0, 0.05) is 11.0 Å². The summed E-state index contributed by atoms with van der Waals surface area (Å²) < 4.78 is 37.3. The van der Waals surface area contributed by atoms with Crippen LogP contribution in [0.25, 0.3) is 10.9 Å². The highest BCUT2D eigenvalue weighted by molar-refractivity contribution is 7.98. The van der Waals surface area contributed by atoms with Gasteiger partial charge >= 0.3 is 5.69 Å². The number of nitrogens with one attached hydrogen (secondary N) is 1. The SMILES string of the molecule is C=S(=O)(NC1(CF)CC1)c1ccc2c(c1)c(=O)n(Cc1cc(C)no1)c(=O)n2Cc1nnc(C)s1. The van der Waals surface area contributed by atoms with Crippen LogP contribution in [0.15, 0.2) is 43.3 Å². The molecule has 1 fully saturated rings. The van der Waals surface area contributed by atoms with E-state index in [0.29, 0.717) is 34.8 Å². The third-order valence-electron chi connectivity index (χ3n) is 5.92. The minimum atomic E-state index is -3.10. The van der Waals surface area contributed by atoms with Crippen molar-refractivity contribution >= 4 is 37.8 Å². The van der Waals surface area contributed by atoms with Crippen LogP contribution in [0.5, 0.6) is 0 Å². The monoisotopic (exact) mass is 518 g/mol. The molecule has 3 aromatic heterocycles. The Morgan fingerprint density at radius 1 is 1.20 bits per heavy atom. The highest BCUT2D eigenvalue weighted by atomic mass is 32.2. The molecule has 4 aromatic rings. The van der Waals surface area contributed by atoms with Crippen LogP contribution in [0.1, 0.15) is 34.3 Å². The largest absolute Gasteiger partial charge is 0.359 e. The molecular formula is C22H23FN6O4S2. The fraction of sp³-hybridized carbons (Fsp3) is 0.364. The molecule has 184 valence electrons. The van der Waals surface area contributed by atoms with Crippen molar-refractivity contribution in [3.8, 4) is 0 Å². The molecule has 13 heteroatoms. The summed E-state index contributed by atoms with van der Waals surface area (Å²) in [7, 11) is -3.10. The summed E-state index contributed by atoms with van der Waals surface area (Å²) in [6.07, 6.45) is 1.13. The van der Waals surface area contributed by atoms with Crippen molar-refractivity contribution in [1.29, 1.82) is 0 Å². The van der Waals surface area contributed by atoms with E-state index in [0.717, 1.165) is 9.57 Å². The number of aryl methyl sites for hydroxylation is 2. The first-order valence-electron chi connectivity index (χ1n) is 10.8. The molecule has 1 atom stereocenters. The Morgan fingerprint density at radius 2 is 1.97 bits per heavy atom. The average Bonchev–Trinajstić information content (AvgIpc) is 3.26. The predicted molar refractivity (Wildman–Crippen MR) is 131 cm³/mol. The molecule has 10 nitrogen and oxygen atoms in total. The predicted octanol–water partition coefficient (Wildman–Crippen LogP) is 1.80. The van der Waals surface area contributed by atoms with Crippen molar-refractivity contribution < 1.29 is 13.1 Å². The molecule has 0 radical (unpaired) electrons. The van der Waals surface area contributed by atoms with Gasteiger partial charge in [0.15, 0.2) is 5.76 Å². The number of alkyl halides is 1. The topological polar surface area (TPSA) is 125 Å². The van der Waals surface area contributed by atoms with E-state index in [1.807, 2.05) is 6.92 Å². The maximum Gasteiger partial charge on any atom is 0.332 e. The number of aromatic nitrogens is 5. The van der Waals surface area contributed by atoms with Gasteiger partial charge in [0.05, 0.1) is 44.9 Å². The van der Waals surface area contributed by atoms with E-state index in [9.17, 15) is 18.2 Å². The van der Waals surface area contributed by atoms with Crippen molar-refractivity contribution in [2.75, 3.05) is 6.67 Å². The van der Waals surface area contributed by atoms with Gasteiger partial charge in [-0.3, -0.25) is 13.9 Å². The molecule has 35 heavy (non-hydrogen) atoms. The quantitative estimate of drug-likeness (QED) is 0.353. The summed E-state index contributed by atoms with van der Waals surface area (Å²) in [5.41, 5.74) is -1.01. The van der Waals surface area contributed by atoms with Gasteiger partial charge in [-0.15, -0.1) is 10.2 Å². The molecule has 1 saturated carbocycles. The van der Waals surface area contributed by atoms with Crippen LogP contribution >= 0.6 is 11.3 Å². The number of hydrogen-bond donors (Lipinski definition) is 1. The maximum atomic E-state index is 13.5. The van der Waals surface area contributed by atoms with E-state index in [-0.39, 0.29) is 23.4 Å². The fourth-order valence-electron chi connectivity index (χ4n) is 3.91. The Hall–Kier alpha value is -3.16. The summed E-state index contributed by atoms with van der Waals surface area (Å²) in [6, 6.07) is 6.21. The van der Waals surface area contributed by atoms with E-state index in [4.69, 9.17) is 4.52 Å². The van der Waals surface area contributed by atoms with Gasteiger partial charge in [-0.25, -0.2) is 18.1 Å². The molecule has 1 N–H and O–H groups in total. The lowest BCUT2D eigenvalue weighted by Crippen LogP contribution is -2.41. The summed E-state index contributed by atoms with van der Waals surface area (Å²) >= 11 is 1.34. The second-order valence-electron chi connectivity index (χ2n) is 8.78. The van der Waals surface area contributed by atoms with Crippen LogP contribution in [-0.2, 0) is 22.8 Å². The Kier molecular flexibility index (Phi) is 5.73. The van der Waals surface area contributed by atoms with Gasteiger partial charge in [0.1, 0.15) is 16.7 Å². The lowest BCUT2D eigenvalue weighted by molar-refractivity contribution is 0.368. The van der Waals surface area contributed by atoms with E-state index in [2.05, 4.69) is 25.9 Å². The molecule has 1 aliphatic carbocycles. The van der Waals surface area contributed by atoms with Crippen LogP contribution in [0.4, 0.5) is 4.39 Å². The first-order chi connectivity index (χ1) is 16.6. The van der Waals surface area contributed by atoms with Crippen LogP contribution in [0.3, 0.4) is 0 Å². The van der Waals surface area contributed by atoms with Crippen molar-refractivity contribution in [3.63, 3.8) is 0 Å². The van der Waals surface area contributed by atoms with Gasteiger partial charge in [0.2, 0.25) is 0 Å². The Morgan fingerprint density at radius 3 is 2.57 bits per heavy atom. The van der Waals surface area contributed by atoms with E-state index in [1.54, 1.807) is 25.1 Å². The minimum absolute atomic E-state index is 0.0961. The molecule has 0 spiro atoms. The highest BCUT2D eigenvalue weighted by Gasteiger charge is 2.44. The lowest BCUT2D eigenvalue weighted by atomic mass is 10.2. The normalized spacial score (nSPS) is 16.4. The zero-order chi connectivity index (χ0) is 25.0. The van der Waals surface area contributed by atoms with Gasteiger partial charge in [-0.05, 0) is 50.8 Å². The molecular weight excluding hydrogens is 495 g/mol. The Balaban J connectivity index is 1.68. The second kappa shape index (κ2) is 8.50. The zero-order valence-corrected chi connectivity index (χ0v) is 20.7. The summed E-state index contributed by atoms with van der Waals surface area (Å²) in [4.78, 5) is 27.2. The van der Waals surface area contributed by atoms with Crippen molar-refractivity contribution in [1.82, 2.24) is 29.2 Å². The number of fused-ring (bicyclic) bond motifs is 1. The van der Waals surface area contributed by atoms with Gasteiger partial charge in [0.25, 0.3) is 5.56 Å². The first kappa shape index (κ1) is 23.6. The summed E-state index contributed by atoms with van der Waals surface area (Å²) in [5, 5.41) is 13.4. The van der Waals surface area contributed by atoms with E-state index < -0.39 is 33.2 Å².